The van der Waals surface area contributed by atoms with Crippen LogP contribution in [-0.2, 0) is 16.4 Å². The second-order valence-electron chi connectivity index (χ2n) is 4.70. The van der Waals surface area contributed by atoms with Crippen LogP contribution in [0.1, 0.15) is 11.5 Å². The van der Waals surface area contributed by atoms with E-state index >= 15 is 0 Å². The van der Waals surface area contributed by atoms with Crippen molar-refractivity contribution < 1.29 is 12.9 Å². The van der Waals surface area contributed by atoms with Crippen LogP contribution in [0.25, 0.3) is 10.7 Å². The lowest BCUT2D eigenvalue weighted by atomic mass is 10.1. The zero-order chi connectivity index (χ0) is 15.6. The van der Waals surface area contributed by atoms with Crippen LogP contribution in [0.15, 0.2) is 46.3 Å². The number of anilines is 1. The normalized spacial score (nSPS) is 11.5. The molecule has 3 rings (SSSR count). The van der Waals surface area contributed by atoms with Gasteiger partial charge in [0.05, 0.1) is 23.2 Å². The number of hydrogen-bond donors (Lipinski definition) is 1. The fraction of sp³-hybridized carbons (Fsp3) is 0.143. The predicted octanol–water partition coefficient (Wildman–Crippen LogP) is 2.76. The number of aromatic nitrogens is 2. The van der Waals surface area contributed by atoms with Gasteiger partial charge in [0.15, 0.2) is 0 Å². The Morgan fingerprint density at radius 3 is 2.77 bits per heavy atom. The summed E-state index contributed by atoms with van der Waals surface area (Å²) in [4.78, 5) is 5.27. The molecule has 1 N–H and O–H groups in total. The van der Waals surface area contributed by atoms with Gasteiger partial charge in [-0.25, -0.2) is 8.42 Å². The lowest BCUT2D eigenvalue weighted by molar-refractivity contribution is 0.386. The molecule has 2 aromatic heterocycles. The van der Waals surface area contributed by atoms with Crippen LogP contribution in [0.5, 0.6) is 0 Å². The van der Waals surface area contributed by atoms with Gasteiger partial charge in [-0.15, -0.1) is 11.3 Å². The number of thiophene rings is 1. The molecule has 114 valence electrons. The number of hydrogen-bond acceptors (Lipinski definition) is 6. The highest BCUT2D eigenvalue weighted by atomic mass is 32.2. The molecular formula is C14H13N3O3S2. The Balaban J connectivity index is 1.85. The molecule has 0 radical (unpaired) electrons. The van der Waals surface area contributed by atoms with Gasteiger partial charge in [-0.3, -0.25) is 4.72 Å². The molecule has 0 unspecified atom stereocenters. The van der Waals surface area contributed by atoms with Gasteiger partial charge in [-0.1, -0.05) is 29.4 Å². The SMILES string of the molecule is CS(=O)(=O)Nc1ccccc1Cc1nc(-c2cccs2)no1. The van der Waals surface area contributed by atoms with E-state index in [9.17, 15) is 8.42 Å². The Hall–Kier alpha value is -2.19. The molecule has 0 saturated heterocycles. The van der Waals surface area contributed by atoms with Crippen molar-refractivity contribution in [1.29, 1.82) is 0 Å². The zero-order valence-corrected chi connectivity index (χ0v) is 13.3. The summed E-state index contributed by atoms with van der Waals surface area (Å²) in [5, 5.41) is 5.89. The van der Waals surface area contributed by atoms with E-state index in [1.807, 2.05) is 29.6 Å². The maximum absolute atomic E-state index is 11.4. The molecule has 0 aliphatic rings. The standard InChI is InChI=1S/C14H13N3O3S2/c1-22(18,19)17-11-6-3-2-5-10(11)9-13-15-14(16-20-13)12-7-4-8-21-12/h2-8,17H,9H2,1H3. The topological polar surface area (TPSA) is 85.1 Å². The van der Waals surface area contributed by atoms with Crippen molar-refractivity contribution in [2.24, 2.45) is 0 Å². The van der Waals surface area contributed by atoms with Crippen molar-refractivity contribution in [2.75, 3.05) is 11.0 Å². The van der Waals surface area contributed by atoms with Gasteiger partial charge < -0.3 is 4.52 Å². The molecular weight excluding hydrogens is 322 g/mol. The van der Waals surface area contributed by atoms with E-state index in [4.69, 9.17) is 4.52 Å². The number of benzene rings is 1. The molecule has 0 atom stereocenters. The highest BCUT2D eigenvalue weighted by Gasteiger charge is 2.13. The van der Waals surface area contributed by atoms with Crippen LogP contribution < -0.4 is 4.72 Å². The lowest BCUT2D eigenvalue weighted by Crippen LogP contribution is -2.11. The molecule has 0 saturated carbocycles. The van der Waals surface area contributed by atoms with Crippen molar-refractivity contribution in [3.8, 4) is 10.7 Å². The van der Waals surface area contributed by atoms with E-state index in [0.717, 1.165) is 16.7 Å². The number of nitrogens with zero attached hydrogens (tertiary/aromatic N) is 2. The van der Waals surface area contributed by atoms with E-state index in [1.54, 1.807) is 12.1 Å². The number of rotatable bonds is 5. The molecule has 0 amide bonds. The Bertz CT molecular complexity index is 870. The minimum absolute atomic E-state index is 0.358. The van der Waals surface area contributed by atoms with Crippen LogP contribution in [-0.4, -0.2) is 24.8 Å². The minimum atomic E-state index is -3.34. The summed E-state index contributed by atoms with van der Waals surface area (Å²) < 4.78 is 30.5. The third-order valence-electron chi connectivity index (χ3n) is 2.86. The van der Waals surface area contributed by atoms with E-state index in [-0.39, 0.29) is 0 Å². The van der Waals surface area contributed by atoms with E-state index in [2.05, 4.69) is 14.9 Å². The molecule has 0 aliphatic carbocycles. The third-order valence-corrected chi connectivity index (χ3v) is 4.32. The largest absolute Gasteiger partial charge is 0.339 e. The molecule has 0 fully saturated rings. The molecule has 0 bridgehead atoms. The van der Waals surface area contributed by atoms with Crippen LogP contribution in [0.4, 0.5) is 5.69 Å². The van der Waals surface area contributed by atoms with Crippen LogP contribution in [0.2, 0.25) is 0 Å². The van der Waals surface area contributed by atoms with Crippen LogP contribution in [0, 0.1) is 0 Å². The van der Waals surface area contributed by atoms with Crippen molar-refractivity contribution in [3.05, 3.63) is 53.2 Å². The van der Waals surface area contributed by atoms with Gasteiger partial charge >= 0.3 is 0 Å². The predicted molar refractivity (Wildman–Crippen MR) is 85.3 cm³/mol. The van der Waals surface area contributed by atoms with Gasteiger partial charge in [0.1, 0.15) is 0 Å². The van der Waals surface area contributed by atoms with Crippen LogP contribution >= 0.6 is 11.3 Å². The molecule has 0 aliphatic heterocycles. The molecule has 0 spiro atoms. The fourth-order valence-electron chi connectivity index (χ4n) is 1.97. The second kappa shape index (κ2) is 5.90. The number of para-hydroxylation sites is 1. The number of nitrogens with one attached hydrogen (secondary N) is 1. The molecule has 22 heavy (non-hydrogen) atoms. The first kappa shape index (κ1) is 14.7. The zero-order valence-electron chi connectivity index (χ0n) is 11.7. The smallest absolute Gasteiger partial charge is 0.231 e. The summed E-state index contributed by atoms with van der Waals surface area (Å²) >= 11 is 1.53. The Morgan fingerprint density at radius 1 is 1.23 bits per heavy atom. The summed E-state index contributed by atoms with van der Waals surface area (Å²) in [5.41, 5.74) is 1.29. The Morgan fingerprint density at radius 2 is 2.05 bits per heavy atom. The lowest BCUT2D eigenvalue weighted by Gasteiger charge is -2.08. The van der Waals surface area contributed by atoms with E-state index < -0.39 is 10.0 Å². The van der Waals surface area contributed by atoms with Crippen molar-refractivity contribution in [1.82, 2.24) is 10.1 Å². The molecule has 2 heterocycles. The first-order valence-corrected chi connectivity index (χ1v) is 9.20. The first-order chi connectivity index (χ1) is 10.5. The average molecular weight is 335 g/mol. The highest BCUT2D eigenvalue weighted by Crippen LogP contribution is 2.24. The summed E-state index contributed by atoms with van der Waals surface area (Å²) in [6.45, 7) is 0. The molecule has 8 heteroatoms. The van der Waals surface area contributed by atoms with Gasteiger partial charge in [0.25, 0.3) is 0 Å². The van der Waals surface area contributed by atoms with Crippen LogP contribution in [0.3, 0.4) is 0 Å². The molecule has 1 aromatic carbocycles. The van der Waals surface area contributed by atoms with Crippen molar-refractivity contribution in [3.63, 3.8) is 0 Å². The Kier molecular flexibility index (Phi) is 3.95. The van der Waals surface area contributed by atoms with E-state index in [1.165, 1.54) is 11.3 Å². The minimum Gasteiger partial charge on any atom is -0.339 e. The highest BCUT2D eigenvalue weighted by molar-refractivity contribution is 7.92. The summed E-state index contributed by atoms with van der Waals surface area (Å²) in [7, 11) is -3.34. The maximum atomic E-state index is 11.4. The fourth-order valence-corrected chi connectivity index (χ4v) is 3.22. The van der Waals surface area contributed by atoms with Gasteiger partial charge in [-0.05, 0) is 23.1 Å². The van der Waals surface area contributed by atoms with Gasteiger partial charge in [0, 0.05) is 0 Å². The Labute approximate surface area is 131 Å². The quantitative estimate of drug-likeness (QED) is 0.775. The summed E-state index contributed by atoms with van der Waals surface area (Å²) in [6.07, 6.45) is 1.47. The van der Waals surface area contributed by atoms with Crippen molar-refractivity contribution >= 4 is 27.0 Å². The van der Waals surface area contributed by atoms with Gasteiger partial charge in [0.2, 0.25) is 21.7 Å². The van der Waals surface area contributed by atoms with Gasteiger partial charge in [-0.2, -0.15) is 4.98 Å². The second-order valence-corrected chi connectivity index (χ2v) is 7.39. The monoisotopic (exact) mass is 335 g/mol. The third kappa shape index (κ3) is 3.52. The van der Waals surface area contributed by atoms with E-state index in [0.29, 0.717) is 23.8 Å². The summed E-state index contributed by atoms with van der Waals surface area (Å²) in [6, 6.07) is 11.0. The molecule has 3 aromatic rings. The summed E-state index contributed by atoms with van der Waals surface area (Å²) in [5.74, 6) is 0.977. The number of sulfonamides is 1. The molecule has 6 nitrogen and oxygen atoms in total. The maximum Gasteiger partial charge on any atom is 0.231 e. The first-order valence-electron chi connectivity index (χ1n) is 6.43. The van der Waals surface area contributed by atoms with Crippen molar-refractivity contribution in [2.45, 2.75) is 6.42 Å². The average Bonchev–Trinajstić information content (AvgIpc) is 3.10.